The number of nitrogens with one attached hydrogen (secondary N) is 1. The van der Waals surface area contributed by atoms with Crippen molar-refractivity contribution >= 4 is 29.7 Å². The zero-order chi connectivity index (χ0) is 10.9. The molecule has 0 amide bonds. The van der Waals surface area contributed by atoms with Crippen molar-refractivity contribution < 1.29 is 8.42 Å². The van der Waals surface area contributed by atoms with Gasteiger partial charge < -0.3 is 5.32 Å². The Morgan fingerprint density at radius 2 is 2.13 bits per heavy atom. The molecule has 0 atom stereocenters. The summed E-state index contributed by atoms with van der Waals surface area (Å²) in [6.07, 6.45) is 4.90. The van der Waals surface area contributed by atoms with Crippen LogP contribution in [0.15, 0.2) is 16.1 Å². The molecule has 15 heavy (non-hydrogen) atoms. The quantitative estimate of drug-likeness (QED) is 0.858. The number of rotatable bonds is 3. The molecule has 0 saturated heterocycles. The molecule has 1 heterocycles. The Kier molecular flexibility index (Phi) is 3.27. The monoisotopic (exact) mass is 292 g/mol. The van der Waals surface area contributed by atoms with Crippen molar-refractivity contribution in [3.8, 4) is 0 Å². The zero-order valence-electron chi connectivity index (χ0n) is 8.24. The first-order valence-corrected chi connectivity index (χ1v) is 7.35. The highest BCUT2D eigenvalue weighted by molar-refractivity contribution is 9.21. The van der Waals surface area contributed by atoms with Gasteiger partial charge in [0.2, 0.25) is 13.8 Å². The molecule has 4 nitrogen and oxygen atoms in total. The molecule has 6 heteroatoms. The van der Waals surface area contributed by atoms with Crippen LogP contribution in [0.25, 0.3) is 0 Å². The molecule has 0 aromatic carbocycles. The van der Waals surface area contributed by atoms with E-state index >= 15 is 0 Å². The molecular formula is C9H13BrN2O2S. The van der Waals surface area contributed by atoms with Gasteiger partial charge in [-0.25, -0.2) is 13.4 Å². The van der Waals surface area contributed by atoms with Crippen LogP contribution in [0.1, 0.15) is 25.7 Å². The van der Waals surface area contributed by atoms with Gasteiger partial charge in [0, 0.05) is 12.6 Å². The molecule has 2 rings (SSSR count). The van der Waals surface area contributed by atoms with Crippen LogP contribution in [0.3, 0.4) is 0 Å². The van der Waals surface area contributed by atoms with Gasteiger partial charge in [-0.2, -0.15) is 0 Å². The maximum Gasteiger partial charge on any atom is 0.225 e. The van der Waals surface area contributed by atoms with E-state index in [-0.39, 0.29) is 3.95 Å². The minimum atomic E-state index is -3.26. The van der Waals surface area contributed by atoms with Crippen LogP contribution in [0.5, 0.6) is 0 Å². The van der Waals surface area contributed by atoms with Crippen LogP contribution in [-0.2, 0) is 9.84 Å². The third-order valence-electron chi connectivity index (χ3n) is 2.68. The van der Waals surface area contributed by atoms with Crippen molar-refractivity contribution in [1.29, 1.82) is 0 Å². The van der Waals surface area contributed by atoms with Crippen LogP contribution in [-0.4, -0.2) is 25.0 Å². The Bertz CT molecular complexity index is 408. The Balaban J connectivity index is 1.91. The Morgan fingerprint density at radius 1 is 1.47 bits per heavy atom. The van der Waals surface area contributed by atoms with Crippen LogP contribution < -0.4 is 5.32 Å². The van der Waals surface area contributed by atoms with Gasteiger partial charge in [0.05, 0.1) is 11.1 Å². The summed E-state index contributed by atoms with van der Waals surface area (Å²) in [7, 11) is -3.26. The number of hydrogen-bond acceptors (Lipinski definition) is 4. The van der Waals surface area contributed by atoms with Crippen LogP contribution in [0, 0.1) is 0 Å². The molecule has 1 N–H and O–H groups in total. The first-order valence-electron chi connectivity index (χ1n) is 5.01. The molecule has 0 radical (unpaired) electrons. The van der Waals surface area contributed by atoms with E-state index in [1.165, 1.54) is 31.1 Å². The zero-order valence-corrected chi connectivity index (χ0v) is 10.6. The topological polar surface area (TPSA) is 58.5 Å². The molecule has 1 aliphatic heterocycles. The van der Waals surface area contributed by atoms with E-state index in [0.29, 0.717) is 18.3 Å². The molecule has 0 spiro atoms. The van der Waals surface area contributed by atoms with E-state index < -0.39 is 9.84 Å². The van der Waals surface area contributed by atoms with Gasteiger partial charge in [0.15, 0.2) is 0 Å². The SMILES string of the molecule is O=S1(=O)C=C(CNC2CCCC2)N=C1Br. The van der Waals surface area contributed by atoms with Gasteiger partial charge in [0.1, 0.15) is 0 Å². The van der Waals surface area contributed by atoms with Gasteiger partial charge >= 0.3 is 0 Å². The lowest BCUT2D eigenvalue weighted by Crippen LogP contribution is -2.27. The Morgan fingerprint density at radius 3 is 2.67 bits per heavy atom. The summed E-state index contributed by atoms with van der Waals surface area (Å²) in [4.78, 5) is 3.95. The summed E-state index contributed by atoms with van der Waals surface area (Å²) in [6, 6.07) is 0.531. The van der Waals surface area contributed by atoms with Gasteiger partial charge in [0.25, 0.3) is 0 Å². The highest BCUT2D eigenvalue weighted by atomic mass is 79.9. The number of nitrogens with zero attached hydrogens (tertiary/aromatic N) is 1. The second-order valence-corrected chi connectivity index (χ2v) is 6.87. The summed E-state index contributed by atoms with van der Waals surface area (Å²) in [5.41, 5.74) is 0.591. The van der Waals surface area contributed by atoms with E-state index in [4.69, 9.17) is 0 Å². The van der Waals surface area contributed by atoms with E-state index in [1.807, 2.05) is 0 Å². The van der Waals surface area contributed by atoms with Crippen molar-refractivity contribution in [1.82, 2.24) is 5.32 Å². The fourth-order valence-corrected chi connectivity index (χ4v) is 3.23. The lowest BCUT2D eigenvalue weighted by Gasteiger charge is -2.10. The highest BCUT2D eigenvalue weighted by Gasteiger charge is 2.23. The van der Waals surface area contributed by atoms with Crippen molar-refractivity contribution in [3.63, 3.8) is 0 Å². The predicted molar refractivity (Wildman–Crippen MR) is 63.6 cm³/mol. The minimum absolute atomic E-state index is 0.0261. The Hall–Kier alpha value is -0.200. The van der Waals surface area contributed by atoms with Crippen molar-refractivity contribution in [2.45, 2.75) is 31.7 Å². The van der Waals surface area contributed by atoms with E-state index in [2.05, 4.69) is 26.2 Å². The van der Waals surface area contributed by atoms with Gasteiger partial charge in [-0.05, 0) is 28.8 Å². The average Bonchev–Trinajstić information content (AvgIpc) is 2.72. The number of hydrogen-bond donors (Lipinski definition) is 1. The van der Waals surface area contributed by atoms with E-state index in [0.717, 1.165) is 0 Å². The smallest absolute Gasteiger partial charge is 0.225 e. The minimum Gasteiger partial charge on any atom is -0.308 e. The van der Waals surface area contributed by atoms with Gasteiger partial charge in [-0.3, -0.25) is 0 Å². The van der Waals surface area contributed by atoms with Crippen LogP contribution in [0.4, 0.5) is 0 Å². The van der Waals surface area contributed by atoms with Crippen LogP contribution >= 0.6 is 15.9 Å². The second-order valence-electron chi connectivity index (χ2n) is 3.88. The molecule has 1 aliphatic carbocycles. The standard InChI is InChI=1S/C9H13BrN2O2S/c10-9-12-8(6-15(9,13)14)5-11-7-3-1-2-4-7/h6-7,11H,1-5H2. The Labute approximate surface area is 97.9 Å². The third kappa shape index (κ3) is 2.68. The molecule has 2 aliphatic rings. The summed E-state index contributed by atoms with van der Waals surface area (Å²) in [5, 5.41) is 4.54. The second kappa shape index (κ2) is 4.35. The average molecular weight is 293 g/mol. The fourth-order valence-electron chi connectivity index (χ4n) is 1.89. The molecular weight excluding hydrogens is 280 g/mol. The maximum absolute atomic E-state index is 11.3. The van der Waals surface area contributed by atoms with E-state index in [9.17, 15) is 8.42 Å². The molecule has 84 valence electrons. The lowest BCUT2D eigenvalue weighted by molar-refractivity contribution is 0.548. The first kappa shape index (κ1) is 11.3. The van der Waals surface area contributed by atoms with Crippen molar-refractivity contribution in [3.05, 3.63) is 11.1 Å². The number of halogens is 1. The first-order chi connectivity index (χ1) is 7.08. The van der Waals surface area contributed by atoms with E-state index in [1.54, 1.807) is 0 Å². The molecule has 1 saturated carbocycles. The summed E-state index contributed by atoms with van der Waals surface area (Å²) >= 11 is 2.94. The number of sulfone groups is 1. The molecule has 0 aromatic heterocycles. The predicted octanol–water partition coefficient (Wildman–Crippen LogP) is 1.54. The molecule has 1 fully saturated rings. The van der Waals surface area contributed by atoms with Crippen molar-refractivity contribution in [2.75, 3.05) is 6.54 Å². The highest BCUT2D eigenvalue weighted by Crippen LogP contribution is 2.20. The molecule has 0 aromatic rings. The largest absolute Gasteiger partial charge is 0.308 e. The third-order valence-corrected chi connectivity index (χ3v) is 5.36. The van der Waals surface area contributed by atoms with Gasteiger partial charge in [-0.1, -0.05) is 12.8 Å². The number of aliphatic imine (C=N–C) groups is 1. The normalized spacial score (nSPS) is 25.4. The summed E-state index contributed by atoms with van der Waals surface area (Å²) in [5.74, 6) is 0. The summed E-state index contributed by atoms with van der Waals surface area (Å²) in [6.45, 7) is 0.541. The van der Waals surface area contributed by atoms with Crippen molar-refractivity contribution in [2.24, 2.45) is 4.99 Å². The molecule has 0 bridgehead atoms. The summed E-state index contributed by atoms with van der Waals surface area (Å²) < 4.78 is 22.6. The maximum atomic E-state index is 11.3. The van der Waals surface area contributed by atoms with Gasteiger partial charge in [-0.15, -0.1) is 0 Å². The lowest BCUT2D eigenvalue weighted by atomic mass is 10.2. The fraction of sp³-hybridized carbons (Fsp3) is 0.667. The molecule has 0 unspecified atom stereocenters. The van der Waals surface area contributed by atoms with Crippen LogP contribution in [0.2, 0.25) is 0 Å².